The van der Waals surface area contributed by atoms with Crippen molar-refractivity contribution >= 4 is 16.5 Å². The second-order valence-corrected chi connectivity index (χ2v) is 6.03. The average molecular weight is 285 g/mol. The molecule has 2 heterocycles. The topological polar surface area (TPSA) is 4.93 Å². The van der Waals surface area contributed by atoms with E-state index < -0.39 is 0 Å². The number of aromatic nitrogens is 1. The van der Waals surface area contributed by atoms with E-state index in [1.54, 1.807) is 0 Å². The first-order valence-electron chi connectivity index (χ1n) is 7.80. The molecule has 4 rings (SSSR count). The molecule has 108 valence electrons. The van der Waals surface area contributed by atoms with E-state index in [-0.39, 0.29) is 0 Å². The van der Waals surface area contributed by atoms with Crippen LogP contribution < -0.4 is 0 Å². The van der Waals surface area contributed by atoms with Crippen molar-refractivity contribution in [1.82, 2.24) is 4.57 Å². The minimum absolute atomic E-state index is 0.354. The maximum absolute atomic E-state index is 2.45. The van der Waals surface area contributed by atoms with Gasteiger partial charge >= 0.3 is 0 Å². The fraction of sp³-hybridized carbons (Fsp3) is 0.143. The molecule has 1 aliphatic heterocycles. The highest BCUT2D eigenvalue weighted by Crippen LogP contribution is 2.35. The van der Waals surface area contributed by atoms with E-state index in [1.807, 2.05) is 0 Å². The molecule has 0 saturated carbocycles. The maximum atomic E-state index is 2.45. The van der Waals surface area contributed by atoms with Gasteiger partial charge in [0, 0.05) is 22.5 Å². The zero-order valence-corrected chi connectivity index (χ0v) is 13.0. The number of hydrogen-bond donors (Lipinski definition) is 0. The monoisotopic (exact) mass is 285 g/mol. The van der Waals surface area contributed by atoms with E-state index in [2.05, 4.69) is 91.2 Å². The van der Waals surface area contributed by atoms with Crippen molar-refractivity contribution in [3.63, 3.8) is 0 Å². The Morgan fingerprint density at radius 1 is 0.909 bits per heavy atom. The highest BCUT2D eigenvalue weighted by molar-refractivity contribution is 5.90. The van der Waals surface area contributed by atoms with Gasteiger partial charge in [0.1, 0.15) is 0 Å². The van der Waals surface area contributed by atoms with E-state index in [4.69, 9.17) is 0 Å². The summed E-state index contributed by atoms with van der Waals surface area (Å²) in [5.74, 6) is 0. The third kappa shape index (κ3) is 2.01. The SMILES string of the molecule is CC1=CC(C)n2c(cc3ccccc32)C(c2ccccc2)=C1. The summed E-state index contributed by atoms with van der Waals surface area (Å²) in [4.78, 5) is 0. The second-order valence-electron chi connectivity index (χ2n) is 6.03. The molecule has 0 N–H and O–H groups in total. The Morgan fingerprint density at radius 3 is 2.45 bits per heavy atom. The minimum atomic E-state index is 0.354. The van der Waals surface area contributed by atoms with Gasteiger partial charge in [0.2, 0.25) is 0 Å². The van der Waals surface area contributed by atoms with Gasteiger partial charge in [0.25, 0.3) is 0 Å². The van der Waals surface area contributed by atoms with Gasteiger partial charge in [0.05, 0.1) is 5.69 Å². The van der Waals surface area contributed by atoms with Crippen LogP contribution in [0.1, 0.15) is 31.1 Å². The average Bonchev–Trinajstić information content (AvgIpc) is 2.87. The van der Waals surface area contributed by atoms with Crippen LogP contribution in [-0.4, -0.2) is 4.57 Å². The Morgan fingerprint density at radius 2 is 1.64 bits per heavy atom. The first-order valence-corrected chi connectivity index (χ1v) is 7.80. The summed E-state index contributed by atoms with van der Waals surface area (Å²) in [6.07, 6.45) is 4.65. The van der Waals surface area contributed by atoms with E-state index in [0.29, 0.717) is 6.04 Å². The molecule has 0 saturated heterocycles. The summed E-state index contributed by atoms with van der Waals surface area (Å²) >= 11 is 0. The standard InChI is InChI=1S/C21H19N/c1-15-12-16(2)22-20-11-7-6-10-18(20)14-21(22)19(13-15)17-8-4-3-5-9-17/h3-14,16H,1-2H3. The van der Waals surface area contributed by atoms with Gasteiger partial charge in [0.15, 0.2) is 0 Å². The molecule has 0 amide bonds. The van der Waals surface area contributed by atoms with Crippen molar-refractivity contribution in [2.45, 2.75) is 19.9 Å². The summed E-state index contributed by atoms with van der Waals surface area (Å²) < 4.78 is 2.45. The summed E-state index contributed by atoms with van der Waals surface area (Å²) in [6, 6.07) is 22.0. The lowest BCUT2D eigenvalue weighted by molar-refractivity contribution is 0.680. The third-order valence-electron chi connectivity index (χ3n) is 4.39. The molecule has 1 heteroatoms. The van der Waals surface area contributed by atoms with Crippen LogP contribution in [0.4, 0.5) is 0 Å². The molecule has 0 bridgehead atoms. The van der Waals surface area contributed by atoms with Crippen LogP contribution in [0.2, 0.25) is 0 Å². The zero-order chi connectivity index (χ0) is 15.1. The summed E-state index contributed by atoms with van der Waals surface area (Å²) in [7, 11) is 0. The van der Waals surface area contributed by atoms with Gasteiger partial charge in [-0.25, -0.2) is 0 Å². The maximum Gasteiger partial charge on any atom is 0.0502 e. The largest absolute Gasteiger partial charge is 0.334 e. The highest BCUT2D eigenvalue weighted by atomic mass is 15.0. The van der Waals surface area contributed by atoms with Crippen molar-refractivity contribution < 1.29 is 0 Å². The predicted molar refractivity (Wildman–Crippen MR) is 93.9 cm³/mol. The first-order chi connectivity index (χ1) is 10.7. The Balaban J connectivity index is 2.05. The molecule has 22 heavy (non-hydrogen) atoms. The van der Waals surface area contributed by atoms with Crippen molar-refractivity contribution in [2.75, 3.05) is 0 Å². The van der Waals surface area contributed by atoms with E-state index >= 15 is 0 Å². The molecule has 3 aromatic rings. The van der Waals surface area contributed by atoms with Gasteiger partial charge in [-0.3, -0.25) is 0 Å². The molecule has 1 nitrogen and oxygen atoms in total. The van der Waals surface area contributed by atoms with E-state index in [0.717, 1.165) is 0 Å². The van der Waals surface area contributed by atoms with Crippen LogP contribution in [-0.2, 0) is 0 Å². The molecule has 0 aliphatic carbocycles. The smallest absolute Gasteiger partial charge is 0.0502 e. The van der Waals surface area contributed by atoms with Crippen molar-refractivity contribution in [3.05, 3.63) is 89.6 Å². The predicted octanol–water partition coefficient (Wildman–Crippen LogP) is 5.59. The Labute approximate surface area is 131 Å². The molecule has 1 aliphatic rings. The number of nitrogens with zero attached hydrogens (tertiary/aromatic N) is 1. The van der Waals surface area contributed by atoms with Gasteiger partial charge in [-0.1, -0.05) is 60.2 Å². The molecular formula is C21H19N. The molecular weight excluding hydrogens is 266 g/mol. The molecule has 0 fully saturated rings. The third-order valence-corrected chi connectivity index (χ3v) is 4.39. The molecule has 1 atom stereocenters. The lowest BCUT2D eigenvalue weighted by Crippen LogP contribution is -2.05. The Kier molecular flexibility index (Phi) is 3.00. The van der Waals surface area contributed by atoms with Crippen LogP contribution in [0.25, 0.3) is 16.5 Å². The van der Waals surface area contributed by atoms with Crippen LogP contribution in [0.5, 0.6) is 0 Å². The molecule has 1 unspecified atom stereocenters. The van der Waals surface area contributed by atoms with Gasteiger partial charge in [-0.15, -0.1) is 0 Å². The fourth-order valence-corrected chi connectivity index (χ4v) is 3.48. The lowest BCUT2D eigenvalue weighted by Gasteiger charge is -2.16. The molecule has 2 aromatic carbocycles. The van der Waals surface area contributed by atoms with Crippen LogP contribution in [0.3, 0.4) is 0 Å². The summed E-state index contributed by atoms with van der Waals surface area (Å²) in [5, 5.41) is 1.30. The van der Waals surface area contributed by atoms with Crippen LogP contribution in [0.15, 0.2) is 78.4 Å². The van der Waals surface area contributed by atoms with Crippen LogP contribution >= 0.6 is 0 Å². The minimum Gasteiger partial charge on any atom is -0.334 e. The number of rotatable bonds is 1. The second kappa shape index (κ2) is 5.03. The lowest BCUT2D eigenvalue weighted by atomic mass is 10.0. The Bertz CT molecular complexity index is 894. The van der Waals surface area contributed by atoms with Crippen molar-refractivity contribution in [2.24, 2.45) is 0 Å². The molecule has 1 aromatic heterocycles. The van der Waals surface area contributed by atoms with Gasteiger partial charge in [-0.05, 0) is 37.6 Å². The zero-order valence-electron chi connectivity index (χ0n) is 13.0. The molecule has 0 spiro atoms. The number of hydrogen-bond acceptors (Lipinski definition) is 0. The van der Waals surface area contributed by atoms with E-state index in [9.17, 15) is 0 Å². The summed E-state index contributed by atoms with van der Waals surface area (Å²) in [5.41, 5.74) is 6.49. The van der Waals surface area contributed by atoms with Crippen LogP contribution in [0, 0.1) is 0 Å². The molecule has 0 radical (unpaired) electrons. The summed E-state index contributed by atoms with van der Waals surface area (Å²) in [6.45, 7) is 4.45. The highest BCUT2D eigenvalue weighted by Gasteiger charge is 2.19. The number of allylic oxidation sites excluding steroid dienone is 3. The fourth-order valence-electron chi connectivity index (χ4n) is 3.48. The number of benzene rings is 2. The quantitative estimate of drug-likeness (QED) is 0.549. The number of fused-ring (bicyclic) bond motifs is 3. The normalized spacial score (nSPS) is 17.6. The van der Waals surface area contributed by atoms with E-state index in [1.165, 1.54) is 33.3 Å². The Hall–Kier alpha value is -2.54. The van der Waals surface area contributed by atoms with Crippen molar-refractivity contribution in [3.8, 4) is 0 Å². The van der Waals surface area contributed by atoms with Crippen molar-refractivity contribution in [1.29, 1.82) is 0 Å². The van der Waals surface area contributed by atoms with Gasteiger partial charge < -0.3 is 4.57 Å². The number of para-hydroxylation sites is 1. The van der Waals surface area contributed by atoms with Gasteiger partial charge in [-0.2, -0.15) is 0 Å². The first kappa shape index (κ1) is 13.1.